The fourth-order valence-corrected chi connectivity index (χ4v) is 4.49. The van der Waals surface area contributed by atoms with Gasteiger partial charge in [0.25, 0.3) is 0 Å². The maximum atomic E-state index is 12.3. The molecule has 0 aliphatic carbocycles. The van der Waals surface area contributed by atoms with Gasteiger partial charge in [0.15, 0.2) is 4.34 Å². The zero-order chi connectivity index (χ0) is 22.2. The van der Waals surface area contributed by atoms with E-state index in [0.29, 0.717) is 5.13 Å². The minimum atomic E-state index is -0.0372. The van der Waals surface area contributed by atoms with Gasteiger partial charge in [-0.1, -0.05) is 71.6 Å². The first kappa shape index (κ1) is 21.9. The second-order valence-corrected chi connectivity index (χ2v) is 9.13. The molecule has 162 valence electrons. The molecule has 1 heterocycles. The van der Waals surface area contributed by atoms with Gasteiger partial charge >= 0.3 is 0 Å². The summed E-state index contributed by atoms with van der Waals surface area (Å²) in [7, 11) is 0. The average Bonchev–Trinajstić information content (AvgIpc) is 3.27. The summed E-state index contributed by atoms with van der Waals surface area (Å²) in [6.07, 6.45) is 0. The van der Waals surface area contributed by atoms with Crippen molar-refractivity contribution in [2.75, 3.05) is 11.1 Å². The molecular weight excluding hydrogens is 440 g/mol. The highest BCUT2D eigenvalue weighted by molar-refractivity contribution is 8.01. The highest BCUT2D eigenvalue weighted by Gasteiger charge is 2.12. The van der Waals surface area contributed by atoms with Gasteiger partial charge in [-0.2, -0.15) is 0 Å². The fraction of sp³-hybridized carbons (Fsp3) is 0.125. The van der Waals surface area contributed by atoms with Crippen LogP contribution in [0, 0.1) is 0 Å². The van der Waals surface area contributed by atoms with E-state index in [4.69, 9.17) is 4.74 Å². The summed E-state index contributed by atoms with van der Waals surface area (Å²) >= 11 is 2.78. The zero-order valence-corrected chi connectivity index (χ0v) is 19.0. The SMILES string of the molecule is C[C@H](NC(=O)CSc1nnc(Nc2ccc(Oc3ccccc3)cc2)s1)c1ccccc1. The summed E-state index contributed by atoms with van der Waals surface area (Å²) in [5.41, 5.74) is 1.96. The molecule has 1 atom stereocenters. The van der Waals surface area contributed by atoms with Crippen LogP contribution in [0.5, 0.6) is 11.5 Å². The molecule has 0 fully saturated rings. The minimum Gasteiger partial charge on any atom is -0.457 e. The molecule has 0 radical (unpaired) electrons. The number of anilines is 2. The molecule has 8 heteroatoms. The number of aromatic nitrogens is 2. The number of nitrogens with zero attached hydrogens (tertiary/aromatic N) is 2. The predicted molar refractivity (Wildman–Crippen MR) is 130 cm³/mol. The Labute approximate surface area is 195 Å². The standard InChI is InChI=1S/C24H22N4O2S2/c1-17(18-8-4-2-5-9-18)25-22(29)16-31-24-28-27-23(32-24)26-19-12-14-21(15-13-19)30-20-10-6-3-7-11-20/h2-15,17H,16H2,1H3,(H,25,29)(H,26,27)/t17-/m0/s1. The van der Waals surface area contributed by atoms with Gasteiger partial charge in [0, 0.05) is 5.69 Å². The molecule has 32 heavy (non-hydrogen) atoms. The number of hydrogen-bond acceptors (Lipinski definition) is 7. The number of carbonyl (C=O) groups excluding carboxylic acids is 1. The maximum absolute atomic E-state index is 12.3. The molecule has 3 aromatic carbocycles. The quantitative estimate of drug-likeness (QED) is 0.295. The van der Waals surface area contributed by atoms with Crippen molar-refractivity contribution in [1.82, 2.24) is 15.5 Å². The number of benzene rings is 3. The van der Waals surface area contributed by atoms with E-state index in [0.717, 1.165) is 27.1 Å². The number of carbonyl (C=O) groups is 1. The van der Waals surface area contributed by atoms with Crippen LogP contribution < -0.4 is 15.4 Å². The molecule has 0 bridgehead atoms. The third-order valence-corrected chi connectivity index (χ3v) is 6.47. The first-order valence-corrected chi connectivity index (χ1v) is 11.9. The van der Waals surface area contributed by atoms with Crippen molar-refractivity contribution in [2.45, 2.75) is 17.3 Å². The fourth-order valence-electron chi connectivity index (χ4n) is 2.91. The minimum absolute atomic E-state index is 0.0370. The van der Waals surface area contributed by atoms with Crippen molar-refractivity contribution in [3.8, 4) is 11.5 Å². The maximum Gasteiger partial charge on any atom is 0.230 e. The van der Waals surface area contributed by atoms with Crippen molar-refractivity contribution >= 4 is 39.8 Å². The number of ether oxygens (including phenoxy) is 1. The van der Waals surface area contributed by atoms with Crippen LogP contribution in [-0.2, 0) is 4.79 Å². The largest absolute Gasteiger partial charge is 0.457 e. The van der Waals surface area contributed by atoms with Gasteiger partial charge in [-0.05, 0) is 48.9 Å². The van der Waals surface area contributed by atoms with Crippen LogP contribution in [0.15, 0.2) is 89.3 Å². The van der Waals surface area contributed by atoms with Gasteiger partial charge in [0.2, 0.25) is 11.0 Å². The van der Waals surface area contributed by atoms with Gasteiger partial charge in [-0.3, -0.25) is 4.79 Å². The Morgan fingerprint density at radius 2 is 1.59 bits per heavy atom. The van der Waals surface area contributed by atoms with Crippen molar-refractivity contribution in [2.24, 2.45) is 0 Å². The van der Waals surface area contributed by atoms with Gasteiger partial charge in [0.1, 0.15) is 11.5 Å². The van der Waals surface area contributed by atoms with Crippen molar-refractivity contribution in [3.05, 3.63) is 90.5 Å². The molecule has 6 nitrogen and oxygen atoms in total. The van der Waals surface area contributed by atoms with Crippen molar-refractivity contribution < 1.29 is 9.53 Å². The second kappa shape index (κ2) is 10.8. The zero-order valence-electron chi connectivity index (χ0n) is 17.4. The Kier molecular flexibility index (Phi) is 7.37. The first-order chi connectivity index (χ1) is 15.7. The van der Waals surface area contributed by atoms with Crippen LogP contribution >= 0.6 is 23.1 Å². The summed E-state index contributed by atoms with van der Waals surface area (Å²) in [5.74, 6) is 1.80. The molecule has 4 aromatic rings. The Balaban J connectivity index is 1.25. The number of thioether (sulfide) groups is 1. The highest BCUT2D eigenvalue weighted by atomic mass is 32.2. The lowest BCUT2D eigenvalue weighted by molar-refractivity contribution is -0.119. The normalized spacial score (nSPS) is 11.5. The Hall–Kier alpha value is -3.36. The van der Waals surface area contributed by atoms with E-state index in [9.17, 15) is 4.79 Å². The summed E-state index contributed by atoms with van der Waals surface area (Å²) < 4.78 is 6.54. The monoisotopic (exact) mass is 462 g/mol. The van der Waals surface area contributed by atoms with Gasteiger partial charge in [-0.15, -0.1) is 10.2 Å². The molecule has 0 aliphatic rings. The second-order valence-electron chi connectivity index (χ2n) is 6.93. The van der Waals surface area contributed by atoms with E-state index in [-0.39, 0.29) is 17.7 Å². The van der Waals surface area contributed by atoms with Crippen LogP contribution in [0.4, 0.5) is 10.8 Å². The van der Waals surface area contributed by atoms with Crippen molar-refractivity contribution in [1.29, 1.82) is 0 Å². The average molecular weight is 463 g/mol. The van der Waals surface area contributed by atoms with Gasteiger partial charge < -0.3 is 15.4 Å². The van der Waals surface area contributed by atoms with E-state index in [1.165, 1.54) is 23.1 Å². The van der Waals surface area contributed by atoms with Crippen LogP contribution in [0.2, 0.25) is 0 Å². The predicted octanol–water partition coefficient (Wildman–Crippen LogP) is 6.04. The van der Waals surface area contributed by atoms with E-state index in [2.05, 4.69) is 20.8 Å². The third-order valence-electron chi connectivity index (χ3n) is 4.49. The molecule has 1 aromatic heterocycles. The smallest absolute Gasteiger partial charge is 0.230 e. The van der Waals surface area contributed by atoms with Crippen molar-refractivity contribution in [3.63, 3.8) is 0 Å². The molecule has 0 aliphatic heterocycles. The van der Waals surface area contributed by atoms with Gasteiger partial charge in [-0.25, -0.2) is 0 Å². The lowest BCUT2D eigenvalue weighted by Gasteiger charge is -2.13. The number of hydrogen-bond donors (Lipinski definition) is 2. The van der Waals surface area contributed by atoms with E-state index in [1.807, 2.05) is 91.9 Å². The molecule has 1 amide bonds. The summed E-state index contributed by atoms with van der Waals surface area (Å²) in [4.78, 5) is 12.3. The van der Waals surface area contributed by atoms with Crippen LogP contribution in [0.1, 0.15) is 18.5 Å². The Morgan fingerprint density at radius 1 is 0.938 bits per heavy atom. The first-order valence-electron chi connectivity index (χ1n) is 10.1. The Bertz CT molecular complexity index is 1140. The summed E-state index contributed by atoms with van der Waals surface area (Å²) in [6, 6.07) is 27.1. The lowest BCUT2D eigenvalue weighted by Crippen LogP contribution is -2.28. The molecule has 0 saturated heterocycles. The molecule has 0 spiro atoms. The number of rotatable bonds is 9. The van der Waals surface area contributed by atoms with Crippen LogP contribution in [-0.4, -0.2) is 21.9 Å². The third kappa shape index (κ3) is 6.32. The number of amides is 1. The summed E-state index contributed by atoms with van der Waals surface area (Å²) in [6.45, 7) is 1.97. The number of para-hydroxylation sites is 1. The van der Waals surface area contributed by atoms with E-state index < -0.39 is 0 Å². The molecule has 0 unspecified atom stereocenters. The van der Waals surface area contributed by atoms with Crippen LogP contribution in [0.3, 0.4) is 0 Å². The van der Waals surface area contributed by atoms with E-state index >= 15 is 0 Å². The van der Waals surface area contributed by atoms with Crippen LogP contribution in [0.25, 0.3) is 0 Å². The van der Waals surface area contributed by atoms with E-state index in [1.54, 1.807) is 0 Å². The molecule has 0 saturated carbocycles. The molecule has 2 N–H and O–H groups in total. The topological polar surface area (TPSA) is 76.1 Å². The molecule has 4 rings (SSSR count). The Morgan fingerprint density at radius 3 is 2.31 bits per heavy atom. The molecular formula is C24H22N4O2S2. The summed E-state index contributed by atoms with van der Waals surface area (Å²) in [5, 5.41) is 15.2. The van der Waals surface area contributed by atoms with Gasteiger partial charge in [0.05, 0.1) is 11.8 Å². The lowest BCUT2D eigenvalue weighted by atomic mass is 10.1. The number of nitrogens with one attached hydrogen (secondary N) is 2. The highest BCUT2D eigenvalue weighted by Crippen LogP contribution is 2.29.